The summed E-state index contributed by atoms with van der Waals surface area (Å²) in [5.41, 5.74) is -0.229. The molecule has 0 aromatic carbocycles. The zero-order valence-electron chi connectivity index (χ0n) is 16.3. The van der Waals surface area contributed by atoms with Crippen LogP contribution in [0.5, 0.6) is 0 Å². The zero-order chi connectivity index (χ0) is 21.8. The molecular weight excluding hydrogens is 431 g/mol. The Balaban J connectivity index is 1.57. The van der Waals surface area contributed by atoms with E-state index < -0.39 is 17.8 Å². The number of nitrogens with zero attached hydrogens (tertiary/aromatic N) is 5. The summed E-state index contributed by atoms with van der Waals surface area (Å²) < 4.78 is 47.2. The van der Waals surface area contributed by atoms with Crippen molar-refractivity contribution in [3.05, 3.63) is 58.6 Å². The number of hydrogen-bond donors (Lipinski definition) is 0. The smallest absolute Gasteiger partial charge is 0.359 e. The maximum absolute atomic E-state index is 13.7. The first-order valence-corrected chi connectivity index (χ1v) is 10.5. The van der Waals surface area contributed by atoms with Crippen molar-refractivity contribution >= 4 is 22.9 Å². The molecule has 0 saturated carbocycles. The second-order valence-corrected chi connectivity index (χ2v) is 8.28. The molecule has 11 heteroatoms. The standard InChI is InChI=1S/C20H16F3N5O2S/c1-11-8-15(30-26-11)14-4-2-6-27(14)19(29)13-10-18-24-12(16-5-3-7-31-16)9-17(20(21,22)23)28(18)25-13/h3,5,7-10,14H,2,4,6H2,1H3. The van der Waals surface area contributed by atoms with Crippen LogP contribution in [0.15, 0.2) is 40.2 Å². The molecule has 31 heavy (non-hydrogen) atoms. The van der Waals surface area contributed by atoms with Gasteiger partial charge in [-0.1, -0.05) is 11.2 Å². The zero-order valence-corrected chi connectivity index (χ0v) is 17.1. The van der Waals surface area contributed by atoms with Gasteiger partial charge in [0.15, 0.2) is 22.8 Å². The quantitative estimate of drug-likeness (QED) is 0.453. The fourth-order valence-corrected chi connectivity index (χ4v) is 4.51. The maximum atomic E-state index is 13.7. The highest BCUT2D eigenvalue weighted by atomic mass is 32.1. The highest BCUT2D eigenvalue weighted by Gasteiger charge is 2.37. The summed E-state index contributed by atoms with van der Waals surface area (Å²) in [5.74, 6) is 0.0917. The molecular formula is C20H16F3N5O2S. The molecule has 5 rings (SSSR count). The van der Waals surface area contributed by atoms with Crippen molar-refractivity contribution in [2.75, 3.05) is 6.54 Å². The Hall–Kier alpha value is -3.21. The van der Waals surface area contributed by atoms with Crippen LogP contribution >= 0.6 is 11.3 Å². The van der Waals surface area contributed by atoms with E-state index in [1.165, 1.54) is 17.4 Å². The number of hydrogen-bond acceptors (Lipinski definition) is 6. The van der Waals surface area contributed by atoms with E-state index >= 15 is 0 Å². The number of carbonyl (C=O) groups is 1. The van der Waals surface area contributed by atoms with Crippen molar-refractivity contribution < 1.29 is 22.5 Å². The fraction of sp³-hybridized carbons (Fsp3) is 0.300. The van der Waals surface area contributed by atoms with E-state index in [1.807, 2.05) is 0 Å². The first-order valence-electron chi connectivity index (χ1n) is 9.57. The number of aromatic nitrogens is 4. The lowest BCUT2D eigenvalue weighted by Crippen LogP contribution is -2.30. The second kappa shape index (κ2) is 7.19. The third kappa shape index (κ3) is 3.48. The Labute approximate surface area is 178 Å². The normalized spacial score (nSPS) is 17.0. The molecule has 4 aromatic rings. The molecule has 1 aliphatic rings. The maximum Gasteiger partial charge on any atom is 0.433 e. The number of halogens is 3. The minimum absolute atomic E-state index is 0.0344. The number of aryl methyl sites for hydroxylation is 1. The summed E-state index contributed by atoms with van der Waals surface area (Å²) in [5, 5.41) is 9.61. The first kappa shape index (κ1) is 19.7. The third-order valence-corrected chi connectivity index (χ3v) is 6.09. The number of thiophene rings is 1. The van der Waals surface area contributed by atoms with Crippen LogP contribution in [0.4, 0.5) is 13.2 Å². The van der Waals surface area contributed by atoms with Gasteiger partial charge < -0.3 is 9.42 Å². The lowest BCUT2D eigenvalue weighted by molar-refractivity contribution is -0.142. The average molecular weight is 447 g/mol. The van der Waals surface area contributed by atoms with Crippen LogP contribution in [-0.4, -0.2) is 37.1 Å². The molecule has 1 amide bonds. The van der Waals surface area contributed by atoms with Crippen molar-refractivity contribution in [1.29, 1.82) is 0 Å². The Bertz CT molecular complexity index is 1260. The summed E-state index contributed by atoms with van der Waals surface area (Å²) in [6, 6.07) is 7.13. The summed E-state index contributed by atoms with van der Waals surface area (Å²) in [7, 11) is 0. The van der Waals surface area contributed by atoms with Gasteiger partial charge in [0.05, 0.1) is 22.3 Å². The summed E-state index contributed by atoms with van der Waals surface area (Å²) >= 11 is 1.29. The van der Waals surface area contributed by atoms with Crippen LogP contribution in [0.2, 0.25) is 0 Å². The van der Waals surface area contributed by atoms with E-state index in [1.54, 1.807) is 35.4 Å². The lowest BCUT2D eigenvalue weighted by Gasteiger charge is -2.21. The molecule has 1 saturated heterocycles. The molecule has 160 valence electrons. The van der Waals surface area contributed by atoms with Crippen LogP contribution in [0.25, 0.3) is 16.2 Å². The van der Waals surface area contributed by atoms with Gasteiger partial charge in [0.1, 0.15) is 0 Å². The van der Waals surface area contributed by atoms with Crippen LogP contribution in [0.1, 0.15) is 46.5 Å². The molecule has 4 aromatic heterocycles. The number of alkyl halides is 3. The average Bonchev–Trinajstić information content (AvgIpc) is 3.51. The second-order valence-electron chi connectivity index (χ2n) is 7.33. The molecule has 0 spiro atoms. The molecule has 0 bridgehead atoms. The number of carbonyl (C=O) groups excluding carboxylic acids is 1. The van der Waals surface area contributed by atoms with Gasteiger partial charge in [0.25, 0.3) is 5.91 Å². The number of amides is 1. The molecule has 1 aliphatic heterocycles. The van der Waals surface area contributed by atoms with Crippen LogP contribution in [0.3, 0.4) is 0 Å². The molecule has 7 nitrogen and oxygen atoms in total. The van der Waals surface area contributed by atoms with Gasteiger partial charge in [-0.15, -0.1) is 11.3 Å². The van der Waals surface area contributed by atoms with E-state index in [9.17, 15) is 18.0 Å². The van der Waals surface area contributed by atoms with Gasteiger partial charge in [-0.2, -0.15) is 18.3 Å². The molecule has 1 unspecified atom stereocenters. The molecule has 0 radical (unpaired) electrons. The summed E-state index contributed by atoms with van der Waals surface area (Å²) in [6.45, 7) is 2.24. The van der Waals surface area contributed by atoms with Gasteiger partial charge in [0, 0.05) is 18.7 Å². The number of fused-ring (bicyclic) bond motifs is 1. The Kier molecular flexibility index (Phi) is 4.58. The predicted molar refractivity (Wildman–Crippen MR) is 106 cm³/mol. The predicted octanol–water partition coefficient (Wildman–Crippen LogP) is 4.75. The summed E-state index contributed by atoms with van der Waals surface area (Å²) in [6.07, 6.45) is -3.23. The van der Waals surface area contributed by atoms with E-state index in [0.29, 0.717) is 33.8 Å². The van der Waals surface area contributed by atoms with Gasteiger partial charge in [0.2, 0.25) is 0 Å². The lowest BCUT2D eigenvalue weighted by atomic mass is 10.1. The van der Waals surface area contributed by atoms with Crippen molar-refractivity contribution in [2.45, 2.75) is 32.0 Å². The van der Waals surface area contributed by atoms with E-state index in [0.717, 1.165) is 12.5 Å². The third-order valence-electron chi connectivity index (χ3n) is 5.20. The number of rotatable bonds is 3. The van der Waals surface area contributed by atoms with E-state index in [4.69, 9.17) is 4.52 Å². The Morgan fingerprint density at radius 2 is 2.13 bits per heavy atom. The van der Waals surface area contributed by atoms with Gasteiger partial charge in [-0.3, -0.25) is 4.79 Å². The number of likely N-dealkylation sites (tertiary alicyclic amines) is 1. The SMILES string of the molecule is Cc1cc(C2CCCN2C(=O)c2cc3nc(-c4cccs4)cc(C(F)(F)F)n3n2)on1. The van der Waals surface area contributed by atoms with Crippen LogP contribution < -0.4 is 0 Å². The molecule has 0 N–H and O–H groups in total. The van der Waals surface area contributed by atoms with Gasteiger partial charge in [-0.05, 0) is 37.3 Å². The molecule has 1 atom stereocenters. The summed E-state index contributed by atoms with van der Waals surface area (Å²) in [4.78, 5) is 19.6. The van der Waals surface area contributed by atoms with Crippen LogP contribution in [0, 0.1) is 6.92 Å². The molecule has 1 fully saturated rings. The van der Waals surface area contributed by atoms with Crippen LogP contribution in [-0.2, 0) is 6.18 Å². The largest absolute Gasteiger partial charge is 0.433 e. The van der Waals surface area contributed by atoms with Crippen molar-refractivity contribution in [3.8, 4) is 10.6 Å². The Morgan fingerprint density at radius 3 is 2.81 bits per heavy atom. The van der Waals surface area contributed by atoms with E-state index in [2.05, 4.69) is 15.2 Å². The minimum atomic E-state index is -4.66. The molecule has 5 heterocycles. The highest BCUT2D eigenvalue weighted by molar-refractivity contribution is 7.13. The first-order chi connectivity index (χ1) is 14.8. The Morgan fingerprint density at radius 1 is 1.29 bits per heavy atom. The highest BCUT2D eigenvalue weighted by Crippen LogP contribution is 2.35. The topological polar surface area (TPSA) is 76.5 Å². The van der Waals surface area contributed by atoms with Crippen molar-refractivity contribution in [2.24, 2.45) is 0 Å². The fourth-order valence-electron chi connectivity index (χ4n) is 3.82. The van der Waals surface area contributed by atoms with Crippen molar-refractivity contribution in [1.82, 2.24) is 24.7 Å². The molecule has 0 aliphatic carbocycles. The van der Waals surface area contributed by atoms with Gasteiger partial charge in [-0.25, -0.2) is 9.50 Å². The van der Waals surface area contributed by atoms with Gasteiger partial charge >= 0.3 is 6.18 Å². The minimum Gasteiger partial charge on any atom is -0.359 e. The monoisotopic (exact) mass is 447 g/mol. The van der Waals surface area contributed by atoms with E-state index in [-0.39, 0.29) is 23.1 Å². The van der Waals surface area contributed by atoms with Crippen molar-refractivity contribution in [3.63, 3.8) is 0 Å².